The van der Waals surface area contributed by atoms with E-state index in [4.69, 9.17) is 116 Å². The molecule has 10 aromatic rings. The molecule has 0 amide bonds. The molecule has 6 heterocycles. The van der Waals surface area contributed by atoms with Crippen LogP contribution in [0.3, 0.4) is 0 Å². The number of sulfone groups is 3. The molecule has 26 nitrogen and oxygen atoms in total. The predicted octanol–water partition coefficient (Wildman–Crippen LogP) is 18.9. The van der Waals surface area contributed by atoms with Crippen molar-refractivity contribution in [1.29, 1.82) is 0 Å². The summed E-state index contributed by atoms with van der Waals surface area (Å²) in [5.74, 6) is 0.352. The third-order valence-electron chi connectivity index (χ3n) is 18.6. The maximum absolute atomic E-state index is 12.9. The molecule has 3 aliphatic heterocycles. The zero-order valence-corrected chi connectivity index (χ0v) is 81.9. The van der Waals surface area contributed by atoms with Gasteiger partial charge in [-0.1, -0.05) is 119 Å². The molecule has 3 aromatic heterocycles. The number of nitrogens with one attached hydrogen (secondary N) is 5. The number of aryl methyl sites for hydroxylation is 3. The second-order valence-corrected chi connectivity index (χ2v) is 39.6. The number of nitrogens with zero attached hydrogens (tertiary/aromatic N) is 8. The van der Waals surface area contributed by atoms with E-state index in [0.717, 1.165) is 22.3 Å². The van der Waals surface area contributed by atoms with Gasteiger partial charge in [0.25, 0.3) is 0 Å². The molecule has 2 saturated heterocycles. The Hall–Kier alpha value is -8.21. The summed E-state index contributed by atoms with van der Waals surface area (Å²) in [6.45, 7) is 13.0. The van der Waals surface area contributed by atoms with Crippen LogP contribution >= 0.6 is 69.6 Å². The first kappa shape index (κ1) is 84.3. The number of piperidine rings is 2. The van der Waals surface area contributed by atoms with Gasteiger partial charge >= 0.3 is 35.2 Å². The molecule has 2 fully saturated rings. The van der Waals surface area contributed by atoms with Gasteiger partial charge in [0.15, 0.2) is 52.1 Å². The van der Waals surface area contributed by atoms with E-state index >= 15 is 0 Å². The third-order valence-corrected chi connectivity index (χ3v) is 26.8. The van der Waals surface area contributed by atoms with Crippen LogP contribution in [0.1, 0.15) is 188 Å². The summed E-state index contributed by atoms with van der Waals surface area (Å²) < 4.78 is 214. The summed E-state index contributed by atoms with van der Waals surface area (Å²) in [6.07, 6.45) is 1.88. The minimum absolute atomic E-state index is 0. The molecule has 0 atom stereocenters. The molecule has 0 saturated carbocycles. The van der Waals surface area contributed by atoms with Gasteiger partial charge in [-0.25, -0.2) is 45.2 Å². The normalized spacial score (nSPS) is 18.2. The molecular weight excluding hydrogens is 1810 g/mol. The average Bonchev–Trinajstić information content (AvgIpc) is 0.747. The van der Waals surface area contributed by atoms with Crippen molar-refractivity contribution in [3.8, 4) is 17.2 Å². The fraction of sp³-hybridized carbons (Fsp3) is 0.385. The average molecular weight is 1940 g/mol. The number of aromatic nitrogens is 6. The van der Waals surface area contributed by atoms with Gasteiger partial charge in [-0.15, -0.1) is 0 Å². The molecule has 127 heavy (non-hydrogen) atoms. The number of nitrogens with two attached hydrogens (primary N) is 2. The van der Waals surface area contributed by atoms with E-state index in [2.05, 4.69) is 56.5 Å². The van der Waals surface area contributed by atoms with Crippen molar-refractivity contribution in [1.82, 2.24) is 45.4 Å². The minimum Gasteiger partial charge on any atom is -1.00 e. The van der Waals surface area contributed by atoms with Gasteiger partial charge in [-0.2, -0.15) is 9.97 Å². The molecule has 3 aliphatic rings. The van der Waals surface area contributed by atoms with Gasteiger partial charge in [0.05, 0.1) is 110 Å². The van der Waals surface area contributed by atoms with E-state index in [-0.39, 0.29) is 151 Å². The standard InChI is InChI=1S/C28H36ClN5O3S.C22H26N2O3.C15H24N2O.C13H13Cl2N3O2S.C9H13NO2S.C4HCl3N2.Na.H/c1-17(2)37-25-15-21(20-10-12-30-13-11-20)19(5)14-24(25)33-28-31-16-22(29)27(34-28)32-23-8-6-7-9-26(23)38(35,36)18(3)4;1-16(2)27-22-14-20(17(3)13-21(22)24(25)26)19-9-11-23(12-10-19)15-18-7-5-4-6-8-18;1-10(2)18-15-9-13(11(3)8-14(15)16)12-4-6-17-7-5-12;1-8(2)21(19,20)11-6-4-3-5-10(11)17-12-9(14)7-16-13(15)18-12;1-7(2)13(11,12)9-6-4-3-5-8(9)10;5-2-1-8-4(7)9-3(2)6;;/h6-9,14-18,20,30H,10-13H2,1-5H3,(H2,31,32,33,34);4-9,13-14,16H,10-12,15H2,1-3H3;8-10,12,17H,4-7,16H2,1-3H3;3-8H,1-2H3,(H,16,17,18);3-7H,10H2,1-2H3;1H;;/q;;;;;;+1;-1/i12D2,13D2,17D;11D2,12D2,16D;6D2,7D2,10D;;;;;. The molecule has 0 radical (unpaired) electrons. The Bertz CT molecular complexity index is 6530. The summed E-state index contributed by atoms with van der Waals surface area (Å²) in [5, 5.41) is 24.7. The minimum atomic E-state index is -3.60. The molecule has 0 spiro atoms. The second-order valence-electron chi connectivity index (χ2n) is 29.9. The number of nitro groups is 1. The van der Waals surface area contributed by atoms with E-state index in [1.54, 1.807) is 155 Å². The predicted molar refractivity (Wildman–Crippen MR) is 514 cm³/mol. The first-order valence-corrected chi connectivity index (χ1v) is 46.3. The number of ether oxygens (including phenoxy) is 3. The molecule has 680 valence electrons. The number of benzene rings is 7. The fourth-order valence-electron chi connectivity index (χ4n) is 12.2. The monoisotopic (exact) mass is 1940 g/mol. The fourth-order valence-corrected chi connectivity index (χ4v) is 16.5. The summed E-state index contributed by atoms with van der Waals surface area (Å²) in [6, 6.07) is 38.3. The van der Waals surface area contributed by atoms with Gasteiger partial charge in [0.1, 0.15) is 21.5 Å². The summed E-state index contributed by atoms with van der Waals surface area (Å²) >= 11 is 34.4. The Morgan fingerprint density at radius 1 is 0.528 bits per heavy atom. The van der Waals surface area contributed by atoms with Crippen molar-refractivity contribution >= 4 is 156 Å². The van der Waals surface area contributed by atoms with Crippen LogP contribution in [0.25, 0.3) is 5.57 Å². The number of hydrogen-bond donors (Lipinski definition) is 7. The van der Waals surface area contributed by atoms with E-state index in [0.29, 0.717) is 61.5 Å². The Kier molecular flexibility index (Phi) is 33.0. The molecule has 0 bridgehead atoms. The van der Waals surface area contributed by atoms with E-state index in [1.807, 2.05) is 44.2 Å². The van der Waals surface area contributed by atoms with Crippen LogP contribution in [0.4, 0.5) is 51.7 Å². The Balaban J connectivity index is 0.000000278. The number of hydrogen-bond acceptors (Lipinski definition) is 25. The van der Waals surface area contributed by atoms with Crippen LogP contribution in [0.5, 0.6) is 17.2 Å². The van der Waals surface area contributed by atoms with Crippen LogP contribution in [0.15, 0.2) is 179 Å². The SMILES string of the molecule is CC(C)S(=O)(=O)c1ccccc1N.CC(C)S(=O)(=O)c1ccccc1Nc1nc(Cl)ncc1Cl.Clc1ncc(Cl)c(Cl)n1.[2H]C(C)(C)Oc1cc(C2=CC([2H])([2H])N(Cc3ccccc3)C([2H])([2H])C2)c(C)cc1[N+](=O)[O-].[2H]C1([2H])CC(c2cc(OC([2H])(C)C)c(N)cc2C)CC([2H])([2H])N1.[2H]C1([2H])CC(c2cc(OC([2H])(C)C)c(Nc3ncc(Cl)c(Nc4ccccc4S(=O)(=O)C(C)C)n3)cc2C)CC([2H])([2H])N1.[H-].[Na+]. The summed E-state index contributed by atoms with van der Waals surface area (Å²) in [4.78, 5) is 36.2. The van der Waals surface area contributed by atoms with E-state index in [1.165, 1.54) is 73.7 Å². The first-order valence-electron chi connectivity index (χ1n) is 46.8. The van der Waals surface area contributed by atoms with Gasteiger partial charge in [-0.3, -0.25) is 15.0 Å². The number of anilines is 8. The maximum Gasteiger partial charge on any atom is 1.00 e. The van der Waals surface area contributed by atoms with Crippen LogP contribution in [-0.4, -0.2) is 138 Å². The smallest absolute Gasteiger partial charge is 1.00 e. The first-order chi connectivity index (χ1) is 64.7. The Labute approximate surface area is 822 Å². The molecule has 13 rings (SSSR count). The van der Waals surface area contributed by atoms with Crippen LogP contribution in [-0.2, 0) is 36.1 Å². The van der Waals surface area contributed by atoms with Crippen LogP contribution < -0.4 is 81.8 Å². The van der Waals surface area contributed by atoms with Crippen molar-refractivity contribution in [2.75, 3.05) is 66.4 Å². The van der Waals surface area contributed by atoms with Crippen LogP contribution in [0.2, 0.25) is 30.8 Å². The van der Waals surface area contributed by atoms with Crippen molar-refractivity contribution < 1.29 is 95.9 Å². The topological polar surface area (TPSA) is 366 Å². The van der Waals surface area contributed by atoms with Crippen molar-refractivity contribution in [3.63, 3.8) is 0 Å². The van der Waals surface area contributed by atoms with Gasteiger partial charge < -0.3 is 53.7 Å². The van der Waals surface area contributed by atoms with Gasteiger partial charge in [0, 0.05) is 42.1 Å². The zero-order valence-electron chi connectivity index (χ0n) is 88.9. The summed E-state index contributed by atoms with van der Waals surface area (Å²) in [5.41, 5.74) is 18.4. The third kappa shape index (κ3) is 31.0. The number of nitro benzene ring substituents is 1. The number of nitrogen functional groups attached to an aromatic ring is 2. The molecule has 7 aromatic carbocycles. The van der Waals surface area contributed by atoms with E-state index < -0.39 is 113 Å². The van der Waals surface area contributed by atoms with Crippen molar-refractivity contribution in [3.05, 3.63) is 244 Å². The molecular formula is C91H114Cl6N15NaO11S3. The number of rotatable bonds is 24. The molecule has 0 aliphatic carbocycles. The Morgan fingerprint density at radius 3 is 1.46 bits per heavy atom. The van der Waals surface area contributed by atoms with Crippen LogP contribution in [0, 0.1) is 30.9 Å². The quantitative estimate of drug-likeness (QED) is 0.00738. The number of para-hydroxylation sites is 3. The largest absolute Gasteiger partial charge is 1.00 e. The maximum atomic E-state index is 12.9. The molecule has 0 unspecified atom stereocenters. The zero-order chi connectivity index (χ0) is 106. The van der Waals surface area contributed by atoms with E-state index in [9.17, 15) is 35.4 Å². The van der Waals surface area contributed by atoms with Gasteiger partial charge in [0.2, 0.25) is 16.5 Å². The van der Waals surface area contributed by atoms with Crippen molar-refractivity contribution in [2.45, 2.75) is 203 Å². The summed E-state index contributed by atoms with van der Waals surface area (Å²) in [7, 11) is -10.3. The second kappa shape index (κ2) is 49.7. The van der Waals surface area contributed by atoms with Gasteiger partial charge in [-0.05, 0) is 308 Å². The number of halogens is 6. The van der Waals surface area contributed by atoms with Crippen molar-refractivity contribution in [2.24, 2.45) is 0 Å². The Morgan fingerprint density at radius 2 is 0.969 bits per heavy atom. The molecule has 36 heteroatoms. The molecule has 9 N–H and O–H groups in total.